The number of aldehydes is 1. The highest BCUT2D eigenvalue weighted by atomic mass is 19.1. The molecule has 1 aromatic rings. The zero-order valence-corrected chi connectivity index (χ0v) is 7.81. The Bertz CT molecular complexity index is 392. The molecule has 1 atom stereocenters. The van der Waals surface area contributed by atoms with Gasteiger partial charge in [0.2, 0.25) is 0 Å². The van der Waals surface area contributed by atoms with Crippen molar-refractivity contribution in [2.24, 2.45) is 5.73 Å². The first-order chi connectivity index (χ1) is 7.10. The van der Waals surface area contributed by atoms with E-state index >= 15 is 0 Å². The monoisotopic (exact) mass is 211 g/mol. The Hall–Kier alpha value is -1.75. The standard InChI is InChI=1S/C10H10FNO3/c11-7-2-1-6(5-13)8(3-7)9(4-12)10(14)15/h1-3,5,9H,4,12H2,(H,14,15). The van der Waals surface area contributed by atoms with Gasteiger partial charge in [0.25, 0.3) is 0 Å². The predicted molar refractivity (Wildman–Crippen MR) is 51.2 cm³/mol. The van der Waals surface area contributed by atoms with Crippen molar-refractivity contribution in [1.29, 1.82) is 0 Å². The maximum Gasteiger partial charge on any atom is 0.312 e. The average molecular weight is 211 g/mol. The van der Waals surface area contributed by atoms with Crippen LogP contribution in [0.2, 0.25) is 0 Å². The summed E-state index contributed by atoms with van der Waals surface area (Å²) < 4.78 is 12.9. The summed E-state index contributed by atoms with van der Waals surface area (Å²) in [5, 5.41) is 8.82. The van der Waals surface area contributed by atoms with E-state index in [2.05, 4.69) is 0 Å². The number of carboxylic acids is 1. The largest absolute Gasteiger partial charge is 0.481 e. The Morgan fingerprint density at radius 2 is 2.27 bits per heavy atom. The first-order valence-electron chi connectivity index (χ1n) is 4.27. The number of hydrogen-bond donors (Lipinski definition) is 2. The number of carboxylic acid groups (broad SMARTS) is 1. The molecule has 4 nitrogen and oxygen atoms in total. The fourth-order valence-electron chi connectivity index (χ4n) is 1.32. The summed E-state index contributed by atoms with van der Waals surface area (Å²) in [7, 11) is 0. The molecule has 0 saturated carbocycles. The van der Waals surface area contributed by atoms with Gasteiger partial charge in [0.05, 0.1) is 5.92 Å². The molecule has 1 unspecified atom stereocenters. The topological polar surface area (TPSA) is 80.4 Å². The molecule has 0 fully saturated rings. The summed E-state index contributed by atoms with van der Waals surface area (Å²) in [6.07, 6.45) is 0.486. The predicted octanol–water partition coefficient (Wildman–Crippen LogP) is 0.765. The number of carbonyl (C=O) groups is 2. The molecule has 0 amide bonds. The van der Waals surface area contributed by atoms with E-state index in [-0.39, 0.29) is 17.7 Å². The van der Waals surface area contributed by atoms with Crippen molar-refractivity contribution in [2.45, 2.75) is 5.92 Å². The number of halogens is 1. The van der Waals surface area contributed by atoms with Gasteiger partial charge in [-0.3, -0.25) is 9.59 Å². The molecule has 0 radical (unpaired) electrons. The number of hydrogen-bond acceptors (Lipinski definition) is 3. The molecule has 0 spiro atoms. The van der Waals surface area contributed by atoms with Gasteiger partial charge in [0.1, 0.15) is 12.1 Å². The minimum absolute atomic E-state index is 0.111. The third-order valence-electron chi connectivity index (χ3n) is 2.09. The van der Waals surface area contributed by atoms with Crippen LogP contribution in [0.15, 0.2) is 18.2 Å². The number of aliphatic carboxylic acids is 1. The summed E-state index contributed by atoms with van der Waals surface area (Å²) in [5.41, 5.74) is 5.52. The van der Waals surface area contributed by atoms with Crippen LogP contribution in [0.4, 0.5) is 4.39 Å². The zero-order valence-electron chi connectivity index (χ0n) is 7.81. The maximum atomic E-state index is 12.9. The molecule has 0 saturated heterocycles. The van der Waals surface area contributed by atoms with Crippen LogP contribution in [0.3, 0.4) is 0 Å². The highest BCUT2D eigenvalue weighted by Crippen LogP contribution is 2.19. The van der Waals surface area contributed by atoms with Crippen LogP contribution in [0.25, 0.3) is 0 Å². The molecule has 0 aliphatic carbocycles. The number of rotatable bonds is 4. The van der Waals surface area contributed by atoms with Crippen molar-refractivity contribution in [3.05, 3.63) is 35.1 Å². The van der Waals surface area contributed by atoms with Crippen molar-refractivity contribution < 1.29 is 19.1 Å². The molecule has 1 rings (SSSR count). The van der Waals surface area contributed by atoms with E-state index in [1.807, 2.05) is 0 Å². The second kappa shape index (κ2) is 4.65. The molecule has 1 aromatic carbocycles. The van der Waals surface area contributed by atoms with Gasteiger partial charge in [-0.15, -0.1) is 0 Å². The fourth-order valence-corrected chi connectivity index (χ4v) is 1.32. The van der Waals surface area contributed by atoms with Gasteiger partial charge in [-0.05, 0) is 23.8 Å². The zero-order chi connectivity index (χ0) is 11.4. The van der Waals surface area contributed by atoms with Gasteiger partial charge >= 0.3 is 5.97 Å². The Kier molecular flexibility index (Phi) is 3.51. The van der Waals surface area contributed by atoms with Crippen LogP contribution in [0.5, 0.6) is 0 Å². The van der Waals surface area contributed by atoms with Gasteiger partial charge in [-0.1, -0.05) is 0 Å². The van der Waals surface area contributed by atoms with Gasteiger partial charge in [-0.2, -0.15) is 0 Å². The lowest BCUT2D eigenvalue weighted by Gasteiger charge is -2.12. The van der Waals surface area contributed by atoms with Crippen molar-refractivity contribution in [1.82, 2.24) is 0 Å². The lowest BCUT2D eigenvalue weighted by Crippen LogP contribution is -2.22. The van der Waals surface area contributed by atoms with E-state index in [1.54, 1.807) is 0 Å². The van der Waals surface area contributed by atoms with Crippen LogP contribution in [0.1, 0.15) is 21.8 Å². The molecule has 15 heavy (non-hydrogen) atoms. The van der Waals surface area contributed by atoms with Crippen LogP contribution in [-0.4, -0.2) is 23.9 Å². The Morgan fingerprint density at radius 1 is 1.60 bits per heavy atom. The first kappa shape index (κ1) is 11.3. The van der Waals surface area contributed by atoms with E-state index < -0.39 is 17.7 Å². The highest BCUT2D eigenvalue weighted by Gasteiger charge is 2.21. The Balaban J connectivity index is 3.25. The summed E-state index contributed by atoms with van der Waals surface area (Å²) in [6, 6.07) is 3.36. The molecule has 0 aliphatic rings. The van der Waals surface area contributed by atoms with Crippen LogP contribution in [0, 0.1) is 5.82 Å². The molecule has 3 N–H and O–H groups in total. The first-order valence-corrected chi connectivity index (χ1v) is 4.27. The maximum absolute atomic E-state index is 12.9. The minimum atomic E-state index is -1.17. The van der Waals surface area contributed by atoms with Gasteiger partial charge < -0.3 is 10.8 Å². The van der Waals surface area contributed by atoms with E-state index in [4.69, 9.17) is 10.8 Å². The van der Waals surface area contributed by atoms with Crippen molar-refractivity contribution in [2.75, 3.05) is 6.54 Å². The average Bonchev–Trinajstić information content (AvgIpc) is 2.18. The summed E-state index contributed by atoms with van der Waals surface area (Å²) in [4.78, 5) is 21.4. The Morgan fingerprint density at radius 3 is 2.73 bits per heavy atom. The Labute approximate surface area is 85.5 Å². The van der Waals surface area contributed by atoms with E-state index in [0.29, 0.717) is 6.29 Å². The van der Waals surface area contributed by atoms with Gasteiger partial charge in [-0.25, -0.2) is 4.39 Å². The molecule has 0 aromatic heterocycles. The molecular weight excluding hydrogens is 201 g/mol. The quantitative estimate of drug-likeness (QED) is 0.720. The van der Waals surface area contributed by atoms with Gasteiger partial charge in [0.15, 0.2) is 0 Å². The minimum Gasteiger partial charge on any atom is -0.481 e. The number of benzene rings is 1. The van der Waals surface area contributed by atoms with E-state index in [9.17, 15) is 14.0 Å². The normalized spacial score (nSPS) is 12.1. The fraction of sp³-hybridized carbons (Fsp3) is 0.200. The third-order valence-corrected chi connectivity index (χ3v) is 2.09. The molecular formula is C10H10FNO3. The van der Waals surface area contributed by atoms with Crippen molar-refractivity contribution >= 4 is 12.3 Å². The summed E-state index contributed by atoms with van der Waals surface area (Å²) in [6.45, 7) is -0.181. The third kappa shape index (κ3) is 2.38. The SMILES string of the molecule is NCC(C(=O)O)c1cc(F)ccc1C=O. The number of nitrogens with two attached hydrogens (primary N) is 1. The highest BCUT2D eigenvalue weighted by molar-refractivity contribution is 5.84. The van der Waals surface area contributed by atoms with Crippen LogP contribution in [-0.2, 0) is 4.79 Å². The molecule has 0 aliphatic heterocycles. The smallest absolute Gasteiger partial charge is 0.312 e. The summed E-state index contributed by atoms with van der Waals surface area (Å²) >= 11 is 0. The van der Waals surface area contributed by atoms with E-state index in [1.165, 1.54) is 6.07 Å². The molecule has 0 bridgehead atoms. The lowest BCUT2D eigenvalue weighted by molar-refractivity contribution is -0.138. The van der Waals surface area contributed by atoms with E-state index in [0.717, 1.165) is 12.1 Å². The van der Waals surface area contributed by atoms with Crippen molar-refractivity contribution in [3.63, 3.8) is 0 Å². The van der Waals surface area contributed by atoms with Crippen LogP contribution >= 0.6 is 0 Å². The van der Waals surface area contributed by atoms with Crippen LogP contribution < -0.4 is 5.73 Å². The molecule has 5 heteroatoms. The van der Waals surface area contributed by atoms with Crippen molar-refractivity contribution in [3.8, 4) is 0 Å². The summed E-state index contributed by atoms with van der Waals surface area (Å²) in [5.74, 6) is -2.82. The second-order valence-corrected chi connectivity index (χ2v) is 3.02. The molecule has 80 valence electrons. The number of carbonyl (C=O) groups excluding carboxylic acids is 1. The lowest BCUT2D eigenvalue weighted by atomic mass is 9.95. The second-order valence-electron chi connectivity index (χ2n) is 3.02. The molecule has 0 heterocycles. The van der Waals surface area contributed by atoms with Gasteiger partial charge in [0, 0.05) is 12.1 Å².